The number of carboxylic acids is 1. The Bertz CT molecular complexity index is 1050. The first kappa shape index (κ1) is 25.0. The molecule has 0 spiro atoms. The number of carbonyl (C=O) groups is 3. The van der Waals surface area contributed by atoms with E-state index in [4.69, 9.17) is 0 Å². The first-order valence-electron chi connectivity index (χ1n) is 9.83. The molecule has 0 fully saturated rings. The number of nitrogens with zero attached hydrogens (tertiary/aromatic N) is 2. The molecule has 0 heterocycles. The number of carboxylic acid groups (broad SMARTS) is 1. The average Bonchev–Trinajstić information content (AvgIpc) is 2.74. The second-order valence-corrected chi connectivity index (χ2v) is 9.52. The molecule has 9 nitrogen and oxygen atoms in total. The van der Waals surface area contributed by atoms with Crippen LogP contribution in [0.3, 0.4) is 0 Å². The predicted octanol–water partition coefficient (Wildman–Crippen LogP) is 1.23. The Morgan fingerprint density at radius 2 is 1.59 bits per heavy atom. The van der Waals surface area contributed by atoms with Gasteiger partial charge in [0.15, 0.2) is 0 Å². The molecule has 2 aromatic rings. The minimum atomic E-state index is -3.93. The summed E-state index contributed by atoms with van der Waals surface area (Å²) in [4.78, 5) is 37.7. The van der Waals surface area contributed by atoms with Crippen LogP contribution in [0.15, 0.2) is 59.5 Å². The van der Waals surface area contributed by atoms with Crippen LogP contribution in [-0.2, 0) is 31.0 Å². The van der Waals surface area contributed by atoms with Crippen LogP contribution in [0.4, 0.5) is 0 Å². The minimum Gasteiger partial charge on any atom is -0.480 e. The fourth-order valence-electron chi connectivity index (χ4n) is 2.89. The van der Waals surface area contributed by atoms with Crippen molar-refractivity contribution in [3.63, 3.8) is 0 Å². The van der Waals surface area contributed by atoms with Gasteiger partial charge in [-0.25, -0.2) is 13.2 Å². The summed E-state index contributed by atoms with van der Waals surface area (Å²) in [5, 5.41) is 11.7. The molecule has 0 aromatic heterocycles. The first-order chi connectivity index (χ1) is 15.0. The van der Waals surface area contributed by atoms with Crippen molar-refractivity contribution in [1.29, 1.82) is 0 Å². The molecule has 1 atom stereocenters. The number of carbonyl (C=O) groups excluding carboxylic acids is 2. The molecule has 0 unspecified atom stereocenters. The van der Waals surface area contributed by atoms with Crippen LogP contribution >= 0.6 is 0 Å². The number of hydrogen-bond acceptors (Lipinski definition) is 5. The molecule has 0 saturated heterocycles. The van der Waals surface area contributed by atoms with Crippen LogP contribution in [0.1, 0.15) is 17.5 Å². The van der Waals surface area contributed by atoms with Gasteiger partial charge in [0.25, 0.3) is 0 Å². The standard InChI is InChI=1S/C22H27N3O6S/c1-16-9-11-18(12-10-16)32(30,31)25(3)15-20(26)23-19(22(28)29)13-21(27)24(2)14-17-7-5-4-6-8-17/h4-12,19H,13-15H2,1-3H3,(H,23,26)(H,28,29)/t19-/m0/s1. The summed E-state index contributed by atoms with van der Waals surface area (Å²) in [7, 11) is -1.16. The van der Waals surface area contributed by atoms with Crippen LogP contribution in [0.5, 0.6) is 0 Å². The number of nitrogens with one attached hydrogen (secondary N) is 1. The predicted molar refractivity (Wildman–Crippen MR) is 118 cm³/mol. The highest BCUT2D eigenvalue weighted by Crippen LogP contribution is 2.15. The van der Waals surface area contributed by atoms with Crippen LogP contribution in [-0.4, -0.2) is 67.2 Å². The van der Waals surface area contributed by atoms with E-state index in [9.17, 15) is 27.9 Å². The fourth-order valence-corrected chi connectivity index (χ4v) is 4.02. The van der Waals surface area contributed by atoms with E-state index in [0.717, 1.165) is 15.4 Å². The molecule has 0 saturated carbocycles. The van der Waals surface area contributed by atoms with E-state index in [1.54, 1.807) is 12.1 Å². The van der Waals surface area contributed by atoms with Crippen molar-refractivity contribution in [2.45, 2.75) is 30.8 Å². The highest BCUT2D eigenvalue weighted by Gasteiger charge is 2.28. The molecular weight excluding hydrogens is 434 g/mol. The van der Waals surface area contributed by atoms with Gasteiger partial charge in [-0.2, -0.15) is 4.31 Å². The summed E-state index contributed by atoms with van der Waals surface area (Å²) >= 11 is 0. The third-order valence-electron chi connectivity index (χ3n) is 4.80. The average molecular weight is 462 g/mol. The van der Waals surface area contributed by atoms with Crippen LogP contribution < -0.4 is 5.32 Å². The Morgan fingerprint density at radius 1 is 1.00 bits per heavy atom. The largest absolute Gasteiger partial charge is 0.480 e. The zero-order chi connectivity index (χ0) is 23.9. The van der Waals surface area contributed by atoms with E-state index in [-0.39, 0.29) is 11.4 Å². The molecule has 32 heavy (non-hydrogen) atoms. The molecule has 2 amide bonds. The van der Waals surface area contributed by atoms with E-state index in [2.05, 4.69) is 5.32 Å². The van der Waals surface area contributed by atoms with Gasteiger partial charge >= 0.3 is 5.97 Å². The molecule has 0 aliphatic rings. The van der Waals surface area contributed by atoms with Crippen molar-refractivity contribution >= 4 is 27.8 Å². The topological polar surface area (TPSA) is 124 Å². The number of amides is 2. The second-order valence-electron chi connectivity index (χ2n) is 7.47. The number of aliphatic carboxylic acids is 1. The van der Waals surface area contributed by atoms with Crippen molar-refractivity contribution in [1.82, 2.24) is 14.5 Å². The van der Waals surface area contributed by atoms with Crippen molar-refractivity contribution < 1.29 is 27.9 Å². The number of aryl methyl sites for hydroxylation is 1. The number of benzene rings is 2. The van der Waals surface area contributed by atoms with E-state index in [0.29, 0.717) is 0 Å². The van der Waals surface area contributed by atoms with Gasteiger partial charge in [0, 0.05) is 20.6 Å². The summed E-state index contributed by atoms with van der Waals surface area (Å²) in [5.74, 6) is -2.68. The van der Waals surface area contributed by atoms with E-state index >= 15 is 0 Å². The first-order valence-corrected chi connectivity index (χ1v) is 11.3. The quantitative estimate of drug-likeness (QED) is 0.549. The monoisotopic (exact) mass is 461 g/mol. The fraction of sp³-hybridized carbons (Fsp3) is 0.318. The second kappa shape index (κ2) is 10.9. The van der Waals surface area contributed by atoms with Crippen LogP contribution in [0.25, 0.3) is 0 Å². The van der Waals surface area contributed by atoms with E-state index in [1.165, 1.54) is 31.1 Å². The van der Waals surface area contributed by atoms with Crippen molar-refractivity contribution in [2.75, 3.05) is 20.6 Å². The van der Waals surface area contributed by atoms with Crippen molar-refractivity contribution in [3.8, 4) is 0 Å². The summed E-state index contributed by atoms with van der Waals surface area (Å²) in [5.41, 5.74) is 1.76. The highest BCUT2D eigenvalue weighted by molar-refractivity contribution is 7.89. The van der Waals surface area contributed by atoms with Gasteiger partial charge in [0.05, 0.1) is 17.9 Å². The molecule has 0 bridgehead atoms. The van der Waals surface area contributed by atoms with Gasteiger partial charge < -0.3 is 15.3 Å². The number of rotatable bonds is 10. The van der Waals surface area contributed by atoms with Gasteiger partial charge in [0.1, 0.15) is 6.04 Å². The smallest absolute Gasteiger partial charge is 0.326 e. The van der Waals surface area contributed by atoms with Crippen molar-refractivity contribution in [3.05, 3.63) is 65.7 Å². The zero-order valence-electron chi connectivity index (χ0n) is 18.2. The molecule has 0 aliphatic carbocycles. The highest BCUT2D eigenvalue weighted by atomic mass is 32.2. The lowest BCUT2D eigenvalue weighted by molar-refractivity contribution is -0.145. The molecule has 0 aliphatic heterocycles. The SMILES string of the molecule is Cc1ccc(S(=O)(=O)N(C)CC(=O)N[C@@H](CC(=O)N(C)Cc2ccccc2)C(=O)O)cc1. The third-order valence-corrected chi connectivity index (χ3v) is 6.61. The molecule has 2 aromatic carbocycles. The van der Waals surface area contributed by atoms with E-state index < -0.39 is 46.8 Å². The number of likely N-dealkylation sites (N-methyl/N-ethyl adjacent to an activating group) is 1. The van der Waals surface area contributed by atoms with Gasteiger partial charge in [0.2, 0.25) is 21.8 Å². The summed E-state index contributed by atoms with van der Waals surface area (Å²) < 4.78 is 26.0. The van der Waals surface area contributed by atoms with E-state index in [1.807, 2.05) is 37.3 Å². The molecule has 2 rings (SSSR count). The minimum absolute atomic E-state index is 0.0194. The Labute approximate surface area is 187 Å². The van der Waals surface area contributed by atoms with Crippen molar-refractivity contribution in [2.24, 2.45) is 0 Å². The van der Waals surface area contributed by atoms with Gasteiger partial charge in [-0.1, -0.05) is 48.0 Å². The molecule has 2 N–H and O–H groups in total. The maximum Gasteiger partial charge on any atom is 0.326 e. The third kappa shape index (κ3) is 6.89. The van der Waals surface area contributed by atoms with Gasteiger partial charge in [-0.05, 0) is 24.6 Å². The Kier molecular flexibility index (Phi) is 8.50. The zero-order valence-corrected chi connectivity index (χ0v) is 19.0. The maximum atomic E-state index is 12.6. The lowest BCUT2D eigenvalue weighted by Gasteiger charge is -2.22. The summed E-state index contributed by atoms with van der Waals surface area (Å²) in [6, 6.07) is 13.8. The molecule has 0 radical (unpaired) electrons. The molecule has 172 valence electrons. The van der Waals surface area contributed by atoms with Crippen LogP contribution in [0, 0.1) is 6.92 Å². The lowest BCUT2D eigenvalue weighted by Crippen LogP contribution is -2.48. The lowest BCUT2D eigenvalue weighted by atomic mass is 10.1. The summed E-state index contributed by atoms with van der Waals surface area (Å²) in [6.45, 7) is 1.52. The Balaban J connectivity index is 1.98. The van der Waals surface area contributed by atoms with Gasteiger partial charge in [-0.3, -0.25) is 9.59 Å². The van der Waals surface area contributed by atoms with Gasteiger partial charge in [-0.15, -0.1) is 0 Å². The Hall–Kier alpha value is -3.24. The molecular formula is C22H27N3O6S. The maximum absolute atomic E-state index is 12.6. The van der Waals surface area contributed by atoms with Crippen LogP contribution in [0.2, 0.25) is 0 Å². The Morgan fingerprint density at radius 3 is 2.16 bits per heavy atom. The number of hydrogen-bond donors (Lipinski definition) is 2. The molecule has 10 heteroatoms. The summed E-state index contributed by atoms with van der Waals surface area (Å²) in [6.07, 6.45) is -0.459. The normalized spacial score (nSPS) is 12.2. The number of sulfonamides is 1.